The number of hydrogen-bond acceptors (Lipinski definition) is 5. The summed E-state index contributed by atoms with van der Waals surface area (Å²) in [5.41, 5.74) is 1.57. The number of hydrogen-bond donors (Lipinski definition) is 0. The highest BCUT2D eigenvalue weighted by Gasteiger charge is 2.48. The maximum absolute atomic E-state index is 13.0. The van der Waals surface area contributed by atoms with Gasteiger partial charge in [-0.3, -0.25) is 9.59 Å². The van der Waals surface area contributed by atoms with Crippen molar-refractivity contribution < 1.29 is 9.59 Å². The van der Waals surface area contributed by atoms with Crippen LogP contribution < -0.4 is 0 Å². The largest absolute Gasteiger partial charge is 0.341 e. The SMILES string of the molecule is CN1CCC(C(=O)N2CC3(CCN(C(=O)c4cnn5ncccc45)CC3)C2)CC1. The summed E-state index contributed by atoms with van der Waals surface area (Å²) in [7, 11) is 2.12. The van der Waals surface area contributed by atoms with E-state index in [4.69, 9.17) is 0 Å². The molecule has 0 saturated carbocycles. The fourth-order valence-electron chi connectivity index (χ4n) is 5.10. The first-order valence-electron chi connectivity index (χ1n) is 10.6. The van der Waals surface area contributed by atoms with E-state index in [1.165, 1.54) is 4.63 Å². The second kappa shape index (κ2) is 7.09. The van der Waals surface area contributed by atoms with Gasteiger partial charge in [0.05, 0.1) is 11.8 Å². The van der Waals surface area contributed by atoms with Crippen LogP contribution in [0.25, 0.3) is 5.52 Å². The highest BCUT2D eigenvalue weighted by molar-refractivity contribution is 6.00. The summed E-state index contributed by atoms with van der Waals surface area (Å²) in [6.45, 7) is 5.25. The Labute approximate surface area is 170 Å². The molecule has 0 atom stereocenters. The minimum atomic E-state index is 0.0291. The quantitative estimate of drug-likeness (QED) is 0.761. The number of aromatic nitrogens is 3. The number of carbonyl (C=O) groups excluding carboxylic acids is 2. The molecule has 0 bridgehead atoms. The average molecular weight is 396 g/mol. The first-order valence-corrected chi connectivity index (χ1v) is 10.6. The molecule has 3 aliphatic heterocycles. The molecule has 2 aromatic heterocycles. The predicted octanol–water partition coefficient (Wildman–Crippen LogP) is 1.14. The minimum absolute atomic E-state index is 0.0291. The lowest BCUT2D eigenvalue weighted by Gasteiger charge is -2.54. The molecule has 5 heterocycles. The molecule has 5 rings (SSSR count). The zero-order chi connectivity index (χ0) is 20.0. The van der Waals surface area contributed by atoms with Crippen LogP contribution in [0.1, 0.15) is 36.0 Å². The summed E-state index contributed by atoms with van der Waals surface area (Å²) in [5, 5.41) is 8.32. The molecule has 2 aromatic rings. The van der Waals surface area contributed by atoms with Crippen molar-refractivity contribution in [1.82, 2.24) is 29.5 Å². The van der Waals surface area contributed by atoms with Crippen LogP contribution in [-0.2, 0) is 4.79 Å². The standard InChI is InChI=1S/C21H28N6O2/c1-24-9-4-16(5-10-24)19(28)26-14-21(15-26)6-11-25(12-7-21)20(29)17-13-23-27-18(17)3-2-8-22-27/h2-3,8,13,16H,4-7,9-12,14-15H2,1H3. The second-order valence-corrected chi connectivity index (χ2v) is 9.02. The third kappa shape index (κ3) is 3.29. The van der Waals surface area contributed by atoms with E-state index >= 15 is 0 Å². The number of carbonyl (C=O) groups is 2. The van der Waals surface area contributed by atoms with Crippen LogP contribution in [0.4, 0.5) is 0 Å². The zero-order valence-electron chi connectivity index (χ0n) is 17.0. The van der Waals surface area contributed by atoms with Crippen LogP contribution in [-0.4, -0.2) is 87.7 Å². The summed E-state index contributed by atoms with van der Waals surface area (Å²) >= 11 is 0. The third-order valence-electron chi connectivity index (χ3n) is 7.08. The molecular weight excluding hydrogens is 368 g/mol. The van der Waals surface area contributed by atoms with Crippen molar-refractivity contribution in [2.75, 3.05) is 46.3 Å². The topological polar surface area (TPSA) is 74.1 Å². The molecule has 0 aliphatic carbocycles. The Balaban J connectivity index is 1.16. The first kappa shape index (κ1) is 18.5. The van der Waals surface area contributed by atoms with Crippen molar-refractivity contribution >= 4 is 17.3 Å². The van der Waals surface area contributed by atoms with Crippen molar-refractivity contribution in [1.29, 1.82) is 0 Å². The lowest BCUT2D eigenvalue weighted by Crippen LogP contribution is -2.63. The normalized spacial score (nSPS) is 22.8. The van der Waals surface area contributed by atoms with Gasteiger partial charge in [0.1, 0.15) is 5.52 Å². The summed E-state index contributed by atoms with van der Waals surface area (Å²) < 4.78 is 1.50. The van der Waals surface area contributed by atoms with Crippen molar-refractivity contribution in [2.24, 2.45) is 11.3 Å². The minimum Gasteiger partial charge on any atom is -0.341 e. The maximum atomic E-state index is 13.0. The number of piperidine rings is 2. The number of fused-ring (bicyclic) bond motifs is 1. The number of rotatable bonds is 2. The van der Waals surface area contributed by atoms with Gasteiger partial charge >= 0.3 is 0 Å². The van der Waals surface area contributed by atoms with Gasteiger partial charge in [0, 0.05) is 43.7 Å². The van der Waals surface area contributed by atoms with Crippen LogP contribution in [0.2, 0.25) is 0 Å². The lowest BCUT2D eigenvalue weighted by molar-refractivity contribution is -0.152. The van der Waals surface area contributed by atoms with E-state index in [2.05, 4.69) is 27.0 Å². The van der Waals surface area contributed by atoms with Crippen LogP contribution >= 0.6 is 0 Å². The van der Waals surface area contributed by atoms with Gasteiger partial charge in [-0.15, -0.1) is 0 Å². The summed E-state index contributed by atoms with van der Waals surface area (Å²) in [4.78, 5) is 32.1. The van der Waals surface area contributed by atoms with Crippen LogP contribution in [0.3, 0.4) is 0 Å². The second-order valence-electron chi connectivity index (χ2n) is 9.02. The molecular formula is C21H28N6O2. The number of nitrogens with zero attached hydrogens (tertiary/aromatic N) is 6. The highest BCUT2D eigenvalue weighted by Crippen LogP contribution is 2.41. The Morgan fingerprint density at radius 1 is 1.03 bits per heavy atom. The van der Waals surface area contributed by atoms with Gasteiger partial charge < -0.3 is 14.7 Å². The van der Waals surface area contributed by atoms with Crippen molar-refractivity contribution in [3.8, 4) is 0 Å². The van der Waals surface area contributed by atoms with Gasteiger partial charge in [-0.1, -0.05) is 0 Å². The van der Waals surface area contributed by atoms with E-state index < -0.39 is 0 Å². The Kier molecular flexibility index (Phi) is 4.53. The molecule has 0 N–H and O–H groups in total. The molecule has 3 saturated heterocycles. The molecule has 0 unspecified atom stereocenters. The molecule has 2 amide bonds. The molecule has 3 fully saturated rings. The van der Waals surface area contributed by atoms with E-state index in [1.807, 2.05) is 17.0 Å². The highest BCUT2D eigenvalue weighted by atomic mass is 16.2. The Morgan fingerprint density at radius 2 is 1.76 bits per heavy atom. The van der Waals surface area contributed by atoms with E-state index in [-0.39, 0.29) is 17.2 Å². The van der Waals surface area contributed by atoms with Gasteiger partial charge in [-0.2, -0.15) is 14.8 Å². The van der Waals surface area contributed by atoms with Gasteiger partial charge in [-0.05, 0) is 58.0 Å². The molecule has 0 aromatic carbocycles. The van der Waals surface area contributed by atoms with Crippen molar-refractivity contribution in [3.63, 3.8) is 0 Å². The van der Waals surface area contributed by atoms with Crippen LogP contribution in [0.5, 0.6) is 0 Å². The van der Waals surface area contributed by atoms with Crippen molar-refractivity contribution in [2.45, 2.75) is 25.7 Å². The average Bonchev–Trinajstić information content (AvgIpc) is 3.16. The lowest BCUT2D eigenvalue weighted by atomic mass is 9.71. The van der Waals surface area contributed by atoms with Gasteiger partial charge in [-0.25, -0.2) is 0 Å². The smallest absolute Gasteiger partial charge is 0.257 e. The summed E-state index contributed by atoms with van der Waals surface area (Å²) in [6, 6.07) is 3.69. The fourth-order valence-corrected chi connectivity index (χ4v) is 5.10. The molecule has 1 spiro atoms. The zero-order valence-corrected chi connectivity index (χ0v) is 17.0. The van der Waals surface area contributed by atoms with Crippen LogP contribution in [0, 0.1) is 11.3 Å². The molecule has 154 valence electrons. The fraction of sp³-hybridized carbons (Fsp3) is 0.619. The van der Waals surface area contributed by atoms with E-state index in [9.17, 15) is 9.59 Å². The Hall–Kier alpha value is -2.48. The molecule has 8 nitrogen and oxygen atoms in total. The predicted molar refractivity (Wildman–Crippen MR) is 107 cm³/mol. The van der Waals surface area contributed by atoms with Gasteiger partial charge in [0.25, 0.3) is 5.91 Å². The van der Waals surface area contributed by atoms with E-state index in [0.29, 0.717) is 11.5 Å². The first-order chi connectivity index (χ1) is 14.0. The summed E-state index contributed by atoms with van der Waals surface area (Å²) in [5.74, 6) is 0.581. The monoisotopic (exact) mass is 396 g/mol. The summed E-state index contributed by atoms with van der Waals surface area (Å²) in [6.07, 6.45) is 7.17. The van der Waals surface area contributed by atoms with E-state index in [1.54, 1.807) is 12.4 Å². The Bertz CT molecular complexity index is 916. The molecule has 0 radical (unpaired) electrons. The molecule has 8 heteroatoms. The maximum Gasteiger partial charge on any atom is 0.257 e. The molecule has 29 heavy (non-hydrogen) atoms. The van der Waals surface area contributed by atoms with Gasteiger partial charge in [0.15, 0.2) is 0 Å². The molecule has 3 aliphatic rings. The van der Waals surface area contributed by atoms with Crippen molar-refractivity contribution in [3.05, 3.63) is 30.1 Å². The number of likely N-dealkylation sites (tertiary alicyclic amines) is 3. The third-order valence-corrected chi connectivity index (χ3v) is 7.08. The van der Waals surface area contributed by atoms with Crippen LogP contribution in [0.15, 0.2) is 24.5 Å². The number of amides is 2. The van der Waals surface area contributed by atoms with Gasteiger partial charge in [0.2, 0.25) is 5.91 Å². The van der Waals surface area contributed by atoms with E-state index in [0.717, 1.165) is 70.5 Å². The Morgan fingerprint density at radius 3 is 2.48 bits per heavy atom.